The summed E-state index contributed by atoms with van der Waals surface area (Å²) in [5, 5.41) is 3.93. The van der Waals surface area contributed by atoms with Gasteiger partial charge in [0.15, 0.2) is 0 Å². The highest BCUT2D eigenvalue weighted by atomic mass is 35.5. The molecule has 34 heavy (non-hydrogen) atoms. The Morgan fingerprint density at radius 3 is 2.00 bits per heavy atom. The molecule has 2 fully saturated rings. The topological polar surface area (TPSA) is 55.9 Å². The third kappa shape index (κ3) is 5.49. The summed E-state index contributed by atoms with van der Waals surface area (Å²) in [6.45, 7) is 10.3. The van der Waals surface area contributed by atoms with Crippen molar-refractivity contribution in [1.82, 2.24) is 10.2 Å². The van der Waals surface area contributed by atoms with Crippen molar-refractivity contribution >= 4 is 34.8 Å². The van der Waals surface area contributed by atoms with Crippen LogP contribution in [-0.2, 0) is 4.79 Å². The van der Waals surface area contributed by atoms with Gasteiger partial charge in [-0.2, -0.15) is 0 Å². The van der Waals surface area contributed by atoms with Gasteiger partial charge < -0.3 is 20.0 Å². The van der Waals surface area contributed by atoms with Crippen LogP contribution in [0.5, 0.6) is 0 Å². The molecule has 0 atom stereocenters. The first kappa shape index (κ1) is 24.4. The molecule has 0 saturated carbocycles. The van der Waals surface area contributed by atoms with Gasteiger partial charge in [0, 0.05) is 56.4 Å². The molecule has 0 bridgehead atoms. The monoisotopic (exact) mass is 482 g/mol. The lowest BCUT2D eigenvalue weighted by molar-refractivity contribution is -0.129. The molecule has 2 aromatic carbocycles. The lowest BCUT2D eigenvalue weighted by Crippen LogP contribution is -2.50. The van der Waals surface area contributed by atoms with Gasteiger partial charge in [0.05, 0.1) is 16.3 Å². The maximum Gasteiger partial charge on any atom is 0.256 e. The molecule has 0 spiro atoms. The Morgan fingerprint density at radius 1 is 0.824 bits per heavy atom. The summed E-state index contributed by atoms with van der Waals surface area (Å²) in [6.07, 6.45) is 1.75. The fourth-order valence-electron chi connectivity index (χ4n) is 4.63. The SMILES string of the molecule is CC(C)(C)C(=O)NC1CCN(c2ccccc2C(=O)N2CCN(c3ccccc3Cl)CC2)CC1. The van der Waals surface area contributed by atoms with Gasteiger partial charge in [-0.25, -0.2) is 0 Å². The summed E-state index contributed by atoms with van der Waals surface area (Å²) in [5.41, 5.74) is 2.39. The molecule has 0 unspecified atom stereocenters. The minimum atomic E-state index is -0.383. The van der Waals surface area contributed by atoms with Gasteiger partial charge in [0.1, 0.15) is 0 Å². The van der Waals surface area contributed by atoms with Crippen molar-refractivity contribution in [3.63, 3.8) is 0 Å². The number of piperidine rings is 1. The van der Waals surface area contributed by atoms with E-state index in [4.69, 9.17) is 11.6 Å². The molecule has 4 rings (SSSR count). The van der Waals surface area contributed by atoms with Crippen molar-refractivity contribution in [3.8, 4) is 0 Å². The number of hydrogen-bond acceptors (Lipinski definition) is 4. The van der Waals surface area contributed by atoms with Gasteiger partial charge in [0.2, 0.25) is 5.91 Å². The second-order valence-corrected chi connectivity index (χ2v) is 10.6. The van der Waals surface area contributed by atoms with E-state index in [1.165, 1.54) is 0 Å². The number of carbonyl (C=O) groups is 2. The average Bonchev–Trinajstić information content (AvgIpc) is 2.84. The lowest BCUT2D eigenvalue weighted by atomic mass is 9.94. The minimum absolute atomic E-state index is 0.0811. The molecule has 2 aliphatic heterocycles. The maximum absolute atomic E-state index is 13.5. The van der Waals surface area contributed by atoms with Crippen molar-refractivity contribution in [2.75, 3.05) is 49.1 Å². The van der Waals surface area contributed by atoms with E-state index in [-0.39, 0.29) is 23.3 Å². The first-order valence-corrected chi connectivity index (χ1v) is 12.6. The Hall–Kier alpha value is -2.73. The van der Waals surface area contributed by atoms with E-state index in [9.17, 15) is 9.59 Å². The highest BCUT2D eigenvalue weighted by Crippen LogP contribution is 2.29. The van der Waals surface area contributed by atoms with Crippen molar-refractivity contribution in [2.24, 2.45) is 5.41 Å². The largest absolute Gasteiger partial charge is 0.371 e. The van der Waals surface area contributed by atoms with Gasteiger partial charge in [-0.15, -0.1) is 0 Å². The molecule has 0 radical (unpaired) electrons. The Morgan fingerprint density at radius 2 is 1.38 bits per heavy atom. The van der Waals surface area contributed by atoms with Crippen LogP contribution in [-0.4, -0.2) is 62.0 Å². The number of halogens is 1. The third-order valence-electron chi connectivity index (χ3n) is 6.75. The molecule has 2 aliphatic rings. The van der Waals surface area contributed by atoms with Crippen molar-refractivity contribution in [2.45, 2.75) is 39.7 Å². The predicted octanol–water partition coefficient (Wildman–Crippen LogP) is 4.43. The fourth-order valence-corrected chi connectivity index (χ4v) is 4.88. The maximum atomic E-state index is 13.5. The summed E-state index contributed by atoms with van der Waals surface area (Å²) in [4.78, 5) is 32.3. The summed E-state index contributed by atoms with van der Waals surface area (Å²) >= 11 is 6.37. The smallest absolute Gasteiger partial charge is 0.256 e. The molecule has 2 amide bonds. The quantitative estimate of drug-likeness (QED) is 0.700. The van der Waals surface area contributed by atoms with Crippen molar-refractivity contribution < 1.29 is 9.59 Å². The average molecular weight is 483 g/mol. The number of anilines is 2. The Labute approximate surface area is 207 Å². The van der Waals surface area contributed by atoms with Gasteiger partial charge in [-0.05, 0) is 37.1 Å². The van der Waals surface area contributed by atoms with Gasteiger partial charge in [-0.1, -0.05) is 56.6 Å². The van der Waals surface area contributed by atoms with Gasteiger partial charge in [0.25, 0.3) is 5.91 Å². The molecule has 182 valence electrons. The minimum Gasteiger partial charge on any atom is -0.371 e. The number of carbonyl (C=O) groups excluding carboxylic acids is 2. The van der Waals surface area contributed by atoms with Gasteiger partial charge in [-0.3, -0.25) is 9.59 Å². The molecule has 2 heterocycles. The van der Waals surface area contributed by atoms with Crippen LogP contribution in [0.1, 0.15) is 44.0 Å². The van der Waals surface area contributed by atoms with Gasteiger partial charge >= 0.3 is 0 Å². The van der Waals surface area contributed by atoms with E-state index in [0.29, 0.717) is 13.1 Å². The highest BCUT2D eigenvalue weighted by Gasteiger charge is 2.29. The first-order chi connectivity index (χ1) is 16.2. The molecule has 2 saturated heterocycles. The molecule has 7 heteroatoms. The standard InChI is InChI=1S/C27H35ClN4O2/c1-27(2,3)26(34)29-20-12-14-30(15-13-20)23-10-6-4-8-21(23)25(33)32-18-16-31(17-19-32)24-11-7-5-9-22(24)28/h4-11,20H,12-19H2,1-3H3,(H,29,34). The number of hydrogen-bond donors (Lipinski definition) is 1. The Balaban J connectivity index is 1.38. The summed E-state index contributed by atoms with van der Waals surface area (Å²) < 4.78 is 0. The number of benzene rings is 2. The van der Waals surface area contributed by atoms with Crippen LogP contribution in [0.25, 0.3) is 0 Å². The molecule has 0 aromatic heterocycles. The van der Waals surface area contributed by atoms with E-state index in [0.717, 1.165) is 61.0 Å². The Bertz CT molecular complexity index is 1020. The van der Waals surface area contributed by atoms with E-state index >= 15 is 0 Å². The van der Waals surface area contributed by atoms with E-state index in [2.05, 4.69) is 15.1 Å². The number of piperazine rings is 1. The predicted molar refractivity (Wildman–Crippen MR) is 139 cm³/mol. The van der Waals surface area contributed by atoms with Crippen LogP contribution in [0.3, 0.4) is 0 Å². The number of amides is 2. The highest BCUT2D eigenvalue weighted by molar-refractivity contribution is 6.33. The summed E-state index contributed by atoms with van der Waals surface area (Å²) in [6, 6.07) is 16.0. The molecule has 6 nitrogen and oxygen atoms in total. The van der Waals surface area contributed by atoms with Crippen molar-refractivity contribution in [1.29, 1.82) is 0 Å². The molecule has 1 N–H and O–H groups in total. The second kappa shape index (κ2) is 10.3. The second-order valence-electron chi connectivity index (χ2n) is 10.2. The van der Waals surface area contributed by atoms with Crippen LogP contribution in [0.2, 0.25) is 5.02 Å². The lowest BCUT2D eigenvalue weighted by Gasteiger charge is -2.38. The normalized spacial score (nSPS) is 17.6. The van der Waals surface area contributed by atoms with E-state index in [1.54, 1.807) is 0 Å². The fraction of sp³-hybridized carbons (Fsp3) is 0.481. The molecule has 0 aliphatic carbocycles. The van der Waals surface area contributed by atoms with Crippen LogP contribution in [0.4, 0.5) is 11.4 Å². The summed E-state index contributed by atoms with van der Waals surface area (Å²) in [5.74, 6) is 0.176. The number of nitrogens with zero attached hydrogens (tertiary/aromatic N) is 3. The number of para-hydroxylation sites is 2. The first-order valence-electron chi connectivity index (χ1n) is 12.2. The summed E-state index contributed by atoms with van der Waals surface area (Å²) in [7, 11) is 0. The van der Waals surface area contributed by atoms with Crippen LogP contribution >= 0.6 is 11.6 Å². The van der Waals surface area contributed by atoms with E-state index < -0.39 is 0 Å². The van der Waals surface area contributed by atoms with Crippen LogP contribution in [0, 0.1) is 5.41 Å². The number of rotatable bonds is 4. The Kier molecular flexibility index (Phi) is 7.36. The number of nitrogens with one attached hydrogen (secondary N) is 1. The van der Waals surface area contributed by atoms with Crippen LogP contribution < -0.4 is 15.1 Å². The van der Waals surface area contributed by atoms with E-state index in [1.807, 2.05) is 74.2 Å². The zero-order valence-electron chi connectivity index (χ0n) is 20.4. The zero-order chi connectivity index (χ0) is 24.3. The third-order valence-corrected chi connectivity index (χ3v) is 7.07. The zero-order valence-corrected chi connectivity index (χ0v) is 21.1. The molecular weight excluding hydrogens is 448 g/mol. The molecular formula is C27H35ClN4O2. The molecule has 2 aromatic rings. The van der Waals surface area contributed by atoms with Crippen LogP contribution in [0.15, 0.2) is 48.5 Å². The van der Waals surface area contributed by atoms with Crippen molar-refractivity contribution in [3.05, 3.63) is 59.1 Å².